The van der Waals surface area contributed by atoms with E-state index in [-0.39, 0.29) is 11.9 Å². The SMILES string of the molecule is Fc1cnc(NC2CCCc3sccc32)c(F)c1. The molecule has 1 N–H and O–H groups in total. The maximum atomic E-state index is 13.5. The van der Waals surface area contributed by atoms with Gasteiger partial charge in [-0.05, 0) is 36.3 Å². The molecular formula is C13H12F2N2S. The van der Waals surface area contributed by atoms with Gasteiger partial charge in [-0.25, -0.2) is 13.8 Å². The van der Waals surface area contributed by atoms with Gasteiger partial charge in [-0.3, -0.25) is 0 Å². The summed E-state index contributed by atoms with van der Waals surface area (Å²) in [4.78, 5) is 5.12. The van der Waals surface area contributed by atoms with Gasteiger partial charge in [0.15, 0.2) is 11.6 Å². The van der Waals surface area contributed by atoms with E-state index in [0.29, 0.717) is 0 Å². The average Bonchev–Trinajstić information content (AvgIpc) is 2.82. The third-order valence-electron chi connectivity index (χ3n) is 3.17. The summed E-state index contributed by atoms with van der Waals surface area (Å²) in [6.45, 7) is 0. The van der Waals surface area contributed by atoms with Crippen LogP contribution in [0.4, 0.5) is 14.6 Å². The first-order valence-electron chi connectivity index (χ1n) is 5.88. The van der Waals surface area contributed by atoms with E-state index in [0.717, 1.165) is 31.5 Å². The maximum Gasteiger partial charge on any atom is 0.168 e. The first kappa shape index (κ1) is 11.6. The number of anilines is 1. The van der Waals surface area contributed by atoms with E-state index < -0.39 is 11.6 Å². The Kier molecular flexibility index (Phi) is 2.99. The van der Waals surface area contributed by atoms with Gasteiger partial charge in [0, 0.05) is 10.9 Å². The molecule has 0 bridgehead atoms. The standard InChI is InChI=1S/C13H12F2N2S/c14-8-6-10(15)13(16-7-8)17-11-2-1-3-12-9(11)4-5-18-12/h4-7,11H,1-3H2,(H,16,17). The van der Waals surface area contributed by atoms with E-state index in [2.05, 4.69) is 21.7 Å². The number of pyridine rings is 1. The second kappa shape index (κ2) is 4.65. The Labute approximate surface area is 108 Å². The van der Waals surface area contributed by atoms with E-state index in [1.165, 1.54) is 10.4 Å². The van der Waals surface area contributed by atoms with Crippen molar-refractivity contribution in [1.82, 2.24) is 4.98 Å². The summed E-state index contributed by atoms with van der Waals surface area (Å²) in [5.41, 5.74) is 1.22. The first-order valence-corrected chi connectivity index (χ1v) is 6.76. The van der Waals surface area contributed by atoms with Crippen LogP contribution >= 0.6 is 11.3 Å². The van der Waals surface area contributed by atoms with Gasteiger partial charge < -0.3 is 5.32 Å². The van der Waals surface area contributed by atoms with E-state index in [1.54, 1.807) is 11.3 Å². The average molecular weight is 266 g/mol. The molecule has 2 heterocycles. The number of thiophene rings is 1. The van der Waals surface area contributed by atoms with E-state index >= 15 is 0 Å². The van der Waals surface area contributed by atoms with Crippen LogP contribution in [-0.4, -0.2) is 4.98 Å². The lowest BCUT2D eigenvalue weighted by molar-refractivity contribution is 0.563. The van der Waals surface area contributed by atoms with Crippen molar-refractivity contribution in [2.45, 2.75) is 25.3 Å². The Morgan fingerprint density at radius 3 is 3.11 bits per heavy atom. The van der Waals surface area contributed by atoms with Crippen molar-refractivity contribution in [3.63, 3.8) is 0 Å². The predicted molar refractivity (Wildman–Crippen MR) is 67.8 cm³/mol. The van der Waals surface area contributed by atoms with Gasteiger partial charge in [0.1, 0.15) is 5.82 Å². The van der Waals surface area contributed by atoms with Gasteiger partial charge >= 0.3 is 0 Å². The highest BCUT2D eigenvalue weighted by Gasteiger charge is 2.22. The van der Waals surface area contributed by atoms with Crippen LogP contribution in [0.25, 0.3) is 0 Å². The molecule has 0 amide bonds. The molecule has 2 aromatic rings. The van der Waals surface area contributed by atoms with Gasteiger partial charge in [-0.2, -0.15) is 0 Å². The van der Waals surface area contributed by atoms with Crippen molar-refractivity contribution in [3.05, 3.63) is 45.8 Å². The number of fused-ring (bicyclic) bond motifs is 1. The number of hydrogen-bond donors (Lipinski definition) is 1. The van der Waals surface area contributed by atoms with Crippen LogP contribution in [0.5, 0.6) is 0 Å². The van der Waals surface area contributed by atoms with Gasteiger partial charge in [-0.15, -0.1) is 11.3 Å². The molecule has 2 nitrogen and oxygen atoms in total. The van der Waals surface area contributed by atoms with E-state index in [9.17, 15) is 8.78 Å². The molecule has 0 radical (unpaired) electrons. The van der Waals surface area contributed by atoms with Crippen LogP contribution in [0, 0.1) is 11.6 Å². The molecule has 1 atom stereocenters. The summed E-state index contributed by atoms with van der Waals surface area (Å²) in [6, 6.07) is 3.00. The molecule has 1 aliphatic carbocycles. The molecule has 94 valence electrons. The highest BCUT2D eigenvalue weighted by molar-refractivity contribution is 7.10. The van der Waals surface area contributed by atoms with Crippen LogP contribution in [-0.2, 0) is 6.42 Å². The fraction of sp³-hybridized carbons (Fsp3) is 0.308. The van der Waals surface area contributed by atoms with Crippen molar-refractivity contribution in [3.8, 4) is 0 Å². The second-order valence-electron chi connectivity index (χ2n) is 4.37. The molecule has 5 heteroatoms. The zero-order valence-corrected chi connectivity index (χ0v) is 10.4. The molecule has 2 aromatic heterocycles. The Bertz CT molecular complexity index is 568. The quantitative estimate of drug-likeness (QED) is 0.891. The lowest BCUT2D eigenvalue weighted by Gasteiger charge is -2.24. The van der Waals surface area contributed by atoms with Crippen molar-refractivity contribution in [1.29, 1.82) is 0 Å². The summed E-state index contributed by atoms with van der Waals surface area (Å²) >= 11 is 1.73. The number of aryl methyl sites for hydroxylation is 1. The maximum absolute atomic E-state index is 13.5. The summed E-state index contributed by atoms with van der Waals surface area (Å²) in [6.07, 6.45) is 4.14. The third-order valence-corrected chi connectivity index (χ3v) is 4.17. The number of nitrogens with zero attached hydrogens (tertiary/aromatic N) is 1. The van der Waals surface area contributed by atoms with E-state index in [4.69, 9.17) is 0 Å². The van der Waals surface area contributed by atoms with Gasteiger partial charge in [0.05, 0.1) is 12.2 Å². The summed E-state index contributed by atoms with van der Waals surface area (Å²) in [7, 11) is 0. The van der Waals surface area contributed by atoms with Crippen LogP contribution < -0.4 is 5.32 Å². The third kappa shape index (κ3) is 2.10. The number of rotatable bonds is 2. The fourth-order valence-corrected chi connectivity index (χ4v) is 3.31. The van der Waals surface area contributed by atoms with Crippen LogP contribution in [0.3, 0.4) is 0 Å². The first-order chi connectivity index (χ1) is 8.74. The minimum atomic E-state index is -0.655. The normalized spacial score (nSPS) is 18.4. The number of nitrogens with one attached hydrogen (secondary N) is 1. The molecule has 0 spiro atoms. The highest BCUT2D eigenvalue weighted by atomic mass is 32.1. The van der Waals surface area contributed by atoms with Crippen molar-refractivity contribution in [2.75, 3.05) is 5.32 Å². The molecule has 0 saturated carbocycles. The van der Waals surface area contributed by atoms with Crippen molar-refractivity contribution < 1.29 is 8.78 Å². The highest BCUT2D eigenvalue weighted by Crippen LogP contribution is 2.35. The molecule has 1 aliphatic rings. The zero-order chi connectivity index (χ0) is 12.5. The number of hydrogen-bond acceptors (Lipinski definition) is 3. The zero-order valence-electron chi connectivity index (χ0n) is 9.62. The molecule has 0 fully saturated rings. The largest absolute Gasteiger partial charge is 0.361 e. The number of aromatic nitrogens is 1. The summed E-state index contributed by atoms with van der Waals surface area (Å²) in [5, 5.41) is 5.13. The second-order valence-corrected chi connectivity index (χ2v) is 5.37. The van der Waals surface area contributed by atoms with Gasteiger partial charge in [-0.1, -0.05) is 0 Å². The monoisotopic (exact) mass is 266 g/mol. The van der Waals surface area contributed by atoms with Crippen molar-refractivity contribution >= 4 is 17.2 Å². The molecular weight excluding hydrogens is 254 g/mol. The molecule has 18 heavy (non-hydrogen) atoms. The molecule has 3 rings (SSSR count). The Morgan fingerprint density at radius 2 is 2.28 bits per heavy atom. The van der Waals surface area contributed by atoms with Crippen molar-refractivity contribution in [2.24, 2.45) is 0 Å². The van der Waals surface area contributed by atoms with Gasteiger partial charge in [0.2, 0.25) is 0 Å². The smallest absolute Gasteiger partial charge is 0.168 e. The lowest BCUT2D eigenvalue weighted by atomic mass is 9.94. The Hall–Kier alpha value is -1.49. The Balaban J connectivity index is 1.86. The minimum Gasteiger partial charge on any atom is -0.361 e. The minimum absolute atomic E-state index is 0.0764. The Morgan fingerprint density at radius 1 is 1.39 bits per heavy atom. The predicted octanol–water partition coefficient (Wildman–Crippen LogP) is 3.91. The van der Waals surface area contributed by atoms with Crippen LogP contribution in [0.15, 0.2) is 23.7 Å². The molecule has 1 unspecified atom stereocenters. The van der Waals surface area contributed by atoms with Gasteiger partial charge in [0.25, 0.3) is 0 Å². The van der Waals surface area contributed by atoms with Crippen LogP contribution in [0.2, 0.25) is 0 Å². The van der Waals surface area contributed by atoms with E-state index in [1.807, 2.05) is 0 Å². The lowest BCUT2D eigenvalue weighted by Crippen LogP contribution is -2.17. The number of halogens is 2. The van der Waals surface area contributed by atoms with Crippen LogP contribution in [0.1, 0.15) is 29.3 Å². The molecule has 0 aromatic carbocycles. The molecule has 0 saturated heterocycles. The fourth-order valence-electron chi connectivity index (χ4n) is 2.32. The summed E-state index contributed by atoms with van der Waals surface area (Å²) < 4.78 is 26.3. The summed E-state index contributed by atoms with van der Waals surface area (Å²) in [5.74, 6) is -1.17. The topological polar surface area (TPSA) is 24.9 Å². The molecule has 0 aliphatic heterocycles.